The Morgan fingerprint density at radius 3 is 2.82 bits per heavy atom. The third kappa shape index (κ3) is 3.01. The summed E-state index contributed by atoms with van der Waals surface area (Å²) in [7, 11) is 0. The molecule has 2 aromatic rings. The van der Waals surface area contributed by atoms with Crippen molar-refractivity contribution >= 4 is 33.3 Å². The summed E-state index contributed by atoms with van der Waals surface area (Å²) in [6, 6.07) is 8.35. The summed E-state index contributed by atoms with van der Waals surface area (Å²) in [5.74, 6) is 0.120. The Hall–Kier alpha value is -1.95. The molecule has 1 amide bonds. The molecular weight excluding hydrogens is 284 g/mol. The number of nitrogens with two attached hydrogens (primary N) is 1. The van der Waals surface area contributed by atoms with Crippen LogP contribution in [0, 0.1) is 0 Å². The number of aromatic nitrogens is 2. The first kappa shape index (κ1) is 11.5. The minimum atomic E-state index is -0.279. The van der Waals surface area contributed by atoms with Crippen molar-refractivity contribution in [2.75, 3.05) is 11.1 Å². The summed E-state index contributed by atoms with van der Waals surface area (Å²) in [6.07, 6.45) is 1.53. The number of nitrogen functional groups attached to an aromatic ring is 1. The van der Waals surface area contributed by atoms with Gasteiger partial charge in [-0.05, 0) is 30.3 Å². The van der Waals surface area contributed by atoms with Crippen LogP contribution in [0.4, 0.5) is 11.5 Å². The third-order valence-electron chi connectivity index (χ3n) is 2.00. The highest BCUT2D eigenvalue weighted by Crippen LogP contribution is 2.18. The zero-order valence-corrected chi connectivity index (χ0v) is 10.3. The molecule has 5 nitrogen and oxygen atoms in total. The molecule has 17 heavy (non-hydrogen) atoms. The van der Waals surface area contributed by atoms with E-state index in [9.17, 15) is 4.79 Å². The van der Waals surface area contributed by atoms with Gasteiger partial charge in [-0.3, -0.25) is 4.79 Å². The van der Waals surface area contributed by atoms with Gasteiger partial charge < -0.3 is 11.1 Å². The van der Waals surface area contributed by atoms with Gasteiger partial charge in [-0.1, -0.05) is 15.9 Å². The first-order valence-electron chi connectivity index (χ1n) is 4.80. The third-order valence-corrected chi connectivity index (χ3v) is 2.45. The molecule has 0 saturated carbocycles. The van der Waals surface area contributed by atoms with Crippen LogP contribution in [-0.4, -0.2) is 16.1 Å². The van der Waals surface area contributed by atoms with Gasteiger partial charge in [-0.2, -0.15) is 5.10 Å². The Bertz CT molecular complexity index is 524. The number of anilines is 2. The highest BCUT2D eigenvalue weighted by Gasteiger charge is 2.08. The Balaban J connectivity index is 2.20. The minimum Gasteiger partial charge on any atom is -0.399 e. The second-order valence-corrected chi connectivity index (χ2v) is 4.25. The summed E-state index contributed by atoms with van der Waals surface area (Å²) < 4.78 is 0.752. The zero-order valence-electron chi connectivity index (χ0n) is 8.72. The highest BCUT2D eigenvalue weighted by atomic mass is 79.9. The number of hydrogen-bond donors (Lipinski definition) is 2. The number of rotatable bonds is 2. The second-order valence-electron chi connectivity index (χ2n) is 3.34. The van der Waals surface area contributed by atoms with E-state index in [0.29, 0.717) is 17.1 Å². The van der Waals surface area contributed by atoms with Crippen LogP contribution in [0.2, 0.25) is 0 Å². The second kappa shape index (κ2) is 4.92. The van der Waals surface area contributed by atoms with Crippen LogP contribution in [0.15, 0.2) is 41.0 Å². The van der Waals surface area contributed by atoms with Gasteiger partial charge in [0.05, 0.1) is 0 Å². The molecule has 0 spiro atoms. The molecule has 0 aliphatic heterocycles. The van der Waals surface area contributed by atoms with E-state index in [1.165, 1.54) is 6.20 Å². The Kier molecular flexibility index (Phi) is 3.34. The lowest BCUT2D eigenvalue weighted by Crippen LogP contribution is -2.13. The lowest BCUT2D eigenvalue weighted by atomic mass is 10.2. The molecule has 1 aromatic carbocycles. The molecule has 0 radical (unpaired) electrons. The molecule has 0 bridgehead atoms. The van der Waals surface area contributed by atoms with E-state index in [1.54, 1.807) is 30.3 Å². The van der Waals surface area contributed by atoms with Crippen LogP contribution in [-0.2, 0) is 0 Å². The summed E-state index contributed by atoms with van der Waals surface area (Å²) in [5.41, 5.74) is 6.63. The van der Waals surface area contributed by atoms with E-state index in [-0.39, 0.29) is 5.91 Å². The van der Waals surface area contributed by atoms with Crippen molar-refractivity contribution in [3.05, 3.63) is 46.6 Å². The number of halogens is 1. The summed E-state index contributed by atoms with van der Waals surface area (Å²) in [6.45, 7) is 0. The maximum Gasteiger partial charge on any atom is 0.256 e. The Morgan fingerprint density at radius 2 is 2.18 bits per heavy atom. The fraction of sp³-hybridized carbons (Fsp3) is 0. The lowest BCUT2D eigenvalue weighted by Gasteiger charge is -2.05. The molecule has 6 heteroatoms. The van der Waals surface area contributed by atoms with E-state index in [4.69, 9.17) is 5.73 Å². The van der Waals surface area contributed by atoms with Gasteiger partial charge in [0.2, 0.25) is 0 Å². The minimum absolute atomic E-state index is 0.279. The first-order valence-corrected chi connectivity index (χ1v) is 5.59. The van der Waals surface area contributed by atoms with Crippen molar-refractivity contribution < 1.29 is 4.79 Å². The Morgan fingerprint density at radius 1 is 1.35 bits per heavy atom. The zero-order chi connectivity index (χ0) is 12.3. The number of carbonyl (C=O) groups excluding carboxylic acids is 1. The molecule has 1 aromatic heterocycles. The van der Waals surface area contributed by atoms with Gasteiger partial charge >= 0.3 is 0 Å². The number of nitrogens with zero attached hydrogens (tertiary/aromatic N) is 2. The number of carbonyl (C=O) groups is 1. The molecule has 0 fully saturated rings. The van der Waals surface area contributed by atoms with Gasteiger partial charge in [0.15, 0.2) is 5.82 Å². The number of nitrogens with one attached hydrogen (secondary N) is 1. The monoisotopic (exact) mass is 292 g/mol. The van der Waals surface area contributed by atoms with Crippen LogP contribution in [0.5, 0.6) is 0 Å². The predicted octanol–water partition coefficient (Wildman–Crippen LogP) is 2.07. The highest BCUT2D eigenvalue weighted by molar-refractivity contribution is 9.10. The standard InChI is InChI=1S/C11H9BrN4O/c12-8-4-7(5-9(13)6-8)11(17)15-10-2-1-3-14-16-10/h1-6H,13H2,(H,15,16,17). The molecule has 0 aliphatic carbocycles. The van der Waals surface area contributed by atoms with Gasteiger partial charge in [0, 0.05) is 21.9 Å². The average Bonchev–Trinajstić information content (AvgIpc) is 2.29. The Labute approximate surface area is 106 Å². The molecule has 2 rings (SSSR count). The summed E-state index contributed by atoms with van der Waals surface area (Å²) in [4.78, 5) is 11.9. The molecule has 0 atom stereocenters. The van der Waals surface area contributed by atoms with Crippen molar-refractivity contribution in [3.63, 3.8) is 0 Å². The SMILES string of the molecule is Nc1cc(Br)cc(C(=O)Nc2cccnn2)c1. The van der Waals surface area contributed by atoms with Crippen LogP contribution >= 0.6 is 15.9 Å². The number of hydrogen-bond acceptors (Lipinski definition) is 4. The number of amides is 1. The van der Waals surface area contributed by atoms with Crippen molar-refractivity contribution in [2.24, 2.45) is 0 Å². The van der Waals surface area contributed by atoms with Gasteiger partial charge in [0.1, 0.15) is 0 Å². The van der Waals surface area contributed by atoms with E-state index in [1.807, 2.05) is 0 Å². The number of benzene rings is 1. The quantitative estimate of drug-likeness (QED) is 0.831. The largest absolute Gasteiger partial charge is 0.399 e. The van der Waals surface area contributed by atoms with E-state index in [2.05, 4.69) is 31.4 Å². The lowest BCUT2D eigenvalue weighted by molar-refractivity contribution is 0.102. The van der Waals surface area contributed by atoms with Gasteiger partial charge in [-0.25, -0.2) is 0 Å². The molecular formula is C11H9BrN4O. The molecule has 86 valence electrons. The van der Waals surface area contributed by atoms with Crippen molar-refractivity contribution in [1.82, 2.24) is 10.2 Å². The fourth-order valence-electron chi connectivity index (χ4n) is 1.30. The maximum atomic E-state index is 11.9. The molecule has 0 saturated heterocycles. The molecule has 0 aliphatic rings. The van der Waals surface area contributed by atoms with Crippen LogP contribution in [0.1, 0.15) is 10.4 Å². The van der Waals surface area contributed by atoms with Crippen LogP contribution < -0.4 is 11.1 Å². The average molecular weight is 293 g/mol. The van der Waals surface area contributed by atoms with Gasteiger partial charge in [-0.15, -0.1) is 5.10 Å². The fourth-order valence-corrected chi connectivity index (χ4v) is 1.81. The van der Waals surface area contributed by atoms with E-state index in [0.717, 1.165) is 4.47 Å². The first-order chi connectivity index (χ1) is 8.15. The predicted molar refractivity (Wildman–Crippen MR) is 68.5 cm³/mol. The smallest absolute Gasteiger partial charge is 0.256 e. The van der Waals surface area contributed by atoms with Gasteiger partial charge in [0.25, 0.3) is 5.91 Å². The van der Waals surface area contributed by atoms with E-state index < -0.39 is 0 Å². The normalized spacial score (nSPS) is 9.94. The molecule has 1 heterocycles. The summed E-state index contributed by atoms with van der Waals surface area (Å²) >= 11 is 3.28. The topological polar surface area (TPSA) is 80.9 Å². The molecule has 3 N–H and O–H groups in total. The van der Waals surface area contributed by atoms with E-state index >= 15 is 0 Å². The van der Waals surface area contributed by atoms with Crippen LogP contribution in [0.3, 0.4) is 0 Å². The van der Waals surface area contributed by atoms with Crippen molar-refractivity contribution in [3.8, 4) is 0 Å². The summed E-state index contributed by atoms with van der Waals surface area (Å²) in [5, 5.41) is 10.1. The molecule has 0 unspecified atom stereocenters. The van der Waals surface area contributed by atoms with Crippen molar-refractivity contribution in [1.29, 1.82) is 0 Å². The maximum absolute atomic E-state index is 11.9. The van der Waals surface area contributed by atoms with Crippen LogP contribution in [0.25, 0.3) is 0 Å². The van der Waals surface area contributed by atoms with Crippen molar-refractivity contribution in [2.45, 2.75) is 0 Å².